The number of carbonyl (C=O) groups is 4. The number of benzene rings is 2. The highest BCUT2D eigenvalue weighted by atomic mass is 35.5. The van der Waals surface area contributed by atoms with Gasteiger partial charge in [-0.1, -0.05) is 76.8 Å². The minimum atomic E-state index is -4.88. The quantitative estimate of drug-likeness (QED) is 0.112. The number of hydrogen-bond acceptors (Lipinski definition) is 9. The number of carbonyl (C=O) groups excluding carboxylic acids is 4. The third kappa shape index (κ3) is 6.27. The number of hydrogen-bond donors (Lipinski definition) is 2. The summed E-state index contributed by atoms with van der Waals surface area (Å²) in [5.74, 6) is -10.5. The van der Waals surface area contributed by atoms with Crippen LogP contribution in [0.3, 0.4) is 0 Å². The van der Waals surface area contributed by atoms with Gasteiger partial charge >= 0.3 is 12.4 Å². The van der Waals surface area contributed by atoms with Crippen LogP contribution in [0.1, 0.15) is 41.1 Å². The normalized spacial score (nSPS) is 25.5. The summed E-state index contributed by atoms with van der Waals surface area (Å²) in [6.07, 6.45) is -7.90. The average Bonchev–Trinajstić information content (AvgIpc) is 3.55. The number of nitrogens with zero attached hydrogens (tertiary/aromatic N) is 5. The maximum atomic E-state index is 15.3. The number of alkyl halides is 6. The number of nitrogens with one attached hydrogen (secondary N) is 1. The molecular formula is C39H27Cl3F6N6O5. The van der Waals surface area contributed by atoms with E-state index in [0.29, 0.717) is 33.9 Å². The Morgan fingerprint density at radius 1 is 0.864 bits per heavy atom. The topological polar surface area (TPSA) is 136 Å². The zero-order valence-corrected chi connectivity index (χ0v) is 32.3. The van der Waals surface area contributed by atoms with Crippen LogP contribution in [-0.4, -0.2) is 55.8 Å². The van der Waals surface area contributed by atoms with E-state index in [2.05, 4.69) is 15.4 Å². The smallest absolute Gasteiger partial charge is 0.433 e. The lowest BCUT2D eigenvalue weighted by Crippen LogP contribution is -2.53. The maximum Gasteiger partial charge on any atom is 0.433 e. The summed E-state index contributed by atoms with van der Waals surface area (Å²) in [4.78, 5) is 66.2. The molecule has 2 N–H and O–H groups in total. The second-order valence-electron chi connectivity index (χ2n) is 14.5. The number of anilines is 2. The number of phenols is 1. The first kappa shape index (κ1) is 40.4. The number of phenolic OH excluding ortho intramolecular Hbond substituents is 1. The minimum absolute atomic E-state index is 0.0875. The Balaban J connectivity index is 1.27. The molecule has 4 aromatic rings. The van der Waals surface area contributed by atoms with Crippen LogP contribution in [0.25, 0.3) is 0 Å². The van der Waals surface area contributed by atoms with Crippen molar-refractivity contribution in [2.75, 3.05) is 17.5 Å². The van der Waals surface area contributed by atoms with Crippen molar-refractivity contribution >= 4 is 70.1 Å². The first-order valence-electron chi connectivity index (χ1n) is 17.7. The van der Waals surface area contributed by atoms with Crippen LogP contribution in [0.5, 0.6) is 5.75 Å². The van der Waals surface area contributed by atoms with Crippen LogP contribution in [0.2, 0.25) is 15.1 Å². The largest absolute Gasteiger partial charge is 0.508 e. The first-order valence-corrected chi connectivity index (χ1v) is 18.9. The van der Waals surface area contributed by atoms with Crippen LogP contribution >= 0.6 is 34.8 Å². The van der Waals surface area contributed by atoms with Gasteiger partial charge in [-0.15, -0.1) is 0 Å². The van der Waals surface area contributed by atoms with Crippen molar-refractivity contribution in [1.29, 1.82) is 0 Å². The number of fused-ring (bicyclic) bond motifs is 4. The molecule has 0 bridgehead atoms. The number of aromatic nitrogens is 2. The van der Waals surface area contributed by atoms with Crippen LogP contribution in [-0.2, 0) is 36.9 Å². The third-order valence-corrected chi connectivity index (χ3v) is 12.3. The molecule has 0 spiro atoms. The summed E-state index contributed by atoms with van der Waals surface area (Å²) < 4.78 is 81.5. The van der Waals surface area contributed by atoms with E-state index in [1.54, 1.807) is 12.1 Å². The summed E-state index contributed by atoms with van der Waals surface area (Å²) in [5, 5.41) is 13.0. The van der Waals surface area contributed by atoms with Crippen LogP contribution < -0.4 is 10.4 Å². The Bertz CT molecular complexity index is 2490. The molecule has 2 aliphatic heterocycles. The van der Waals surface area contributed by atoms with Crippen molar-refractivity contribution in [3.8, 4) is 5.75 Å². The van der Waals surface area contributed by atoms with Gasteiger partial charge in [0.25, 0.3) is 23.6 Å². The molecule has 4 heterocycles. The Morgan fingerprint density at radius 3 is 2.20 bits per heavy atom. The molecule has 0 radical (unpaired) electrons. The second-order valence-corrected chi connectivity index (χ2v) is 15.7. The second kappa shape index (κ2) is 14.1. The Kier molecular flexibility index (Phi) is 9.67. The molecule has 306 valence electrons. The van der Waals surface area contributed by atoms with E-state index >= 15 is 4.79 Å². The molecular weight excluding hydrogens is 853 g/mol. The van der Waals surface area contributed by atoms with Gasteiger partial charge in [0.2, 0.25) is 0 Å². The molecule has 8 rings (SSSR count). The Labute approximate surface area is 345 Å². The number of amides is 4. The molecule has 20 heteroatoms. The van der Waals surface area contributed by atoms with Crippen molar-refractivity contribution in [3.63, 3.8) is 0 Å². The summed E-state index contributed by atoms with van der Waals surface area (Å²) >= 11 is 18.8. The number of hydrazine groups is 2. The Morgan fingerprint density at radius 2 is 1.56 bits per heavy atom. The maximum absolute atomic E-state index is 15.3. The molecule has 2 aromatic heterocycles. The number of aromatic hydroxyl groups is 1. The number of allylic oxidation sites excluding steroid dienone is 2. The molecule has 2 aliphatic carbocycles. The molecule has 6 atom stereocenters. The zero-order valence-electron chi connectivity index (χ0n) is 30.0. The van der Waals surface area contributed by atoms with E-state index in [9.17, 15) is 45.8 Å². The molecule has 4 amide bonds. The van der Waals surface area contributed by atoms with Gasteiger partial charge in [0, 0.05) is 29.7 Å². The highest BCUT2D eigenvalue weighted by Gasteiger charge is 2.71. The fraction of sp³-hybridized carbons (Fsp3) is 0.282. The summed E-state index contributed by atoms with van der Waals surface area (Å²) in [6, 6.07) is 14.2. The zero-order chi connectivity index (χ0) is 42.5. The van der Waals surface area contributed by atoms with Gasteiger partial charge < -0.3 is 5.11 Å². The highest BCUT2D eigenvalue weighted by Crippen LogP contribution is 2.65. The monoisotopic (exact) mass is 878 g/mol. The number of pyridine rings is 2. The van der Waals surface area contributed by atoms with Crippen molar-refractivity contribution in [1.82, 2.24) is 20.0 Å². The number of imide groups is 2. The lowest BCUT2D eigenvalue weighted by Gasteiger charge is -2.50. The summed E-state index contributed by atoms with van der Waals surface area (Å²) in [6.45, 7) is 0. The summed E-state index contributed by atoms with van der Waals surface area (Å²) in [7, 11) is 1.16. The van der Waals surface area contributed by atoms with Crippen LogP contribution in [0.4, 0.5) is 38.0 Å². The van der Waals surface area contributed by atoms with Gasteiger partial charge in [-0.3, -0.25) is 29.6 Å². The van der Waals surface area contributed by atoms with Gasteiger partial charge in [0.05, 0.1) is 38.8 Å². The fourth-order valence-corrected chi connectivity index (χ4v) is 9.61. The predicted molar refractivity (Wildman–Crippen MR) is 199 cm³/mol. The van der Waals surface area contributed by atoms with Crippen molar-refractivity contribution in [2.24, 2.45) is 23.7 Å². The molecule has 2 aromatic carbocycles. The van der Waals surface area contributed by atoms with E-state index in [-0.39, 0.29) is 39.8 Å². The molecule has 4 aliphatic rings. The van der Waals surface area contributed by atoms with E-state index in [1.165, 1.54) is 42.5 Å². The van der Waals surface area contributed by atoms with E-state index in [4.69, 9.17) is 34.8 Å². The van der Waals surface area contributed by atoms with E-state index < -0.39 is 98.9 Å². The van der Waals surface area contributed by atoms with Crippen molar-refractivity contribution in [2.45, 2.75) is 36.5 Å². The average molecular weight is 880 g/mol. The molecule has 11 nitrogen and oxygen atoms in total. The van der Waals surface area contributed by atoms with Crippen molar-refractivity contribution < 1.29 is 50.6 Å². The van der Waals surface area contributed by atoms with Gasteiger partial charge in [-0.25, -0.2) is 9.97 Å². The molecule has 0 unspecified atom stereocenters. The summed E-state index contributed by atoms with van der Waals surface area (Å²) in [5.41, 5.74) is -1.07. The van der Waals surface area contributed by atoms with Crippen LogP contribution in [0.15, 0.2) is 84.6 Å². The first-order chi connectivity index (χ1) is 27.8. The predicted octanol–water partition coefficient (Wildman–Crippen LogP) is 8.22. The molecule has 59 heavy (non-hydrogen) atoms. The van der Waals surface area contributed by atoms with Gasteiger partial charge in [0.15, 0.2) is 11.6 Å². The van der Waals surface area contributed by atoms with Crippen molar-refractivity contribution in [3.05, 3.63) is 122 Å². The Hall–Kier alpha value is -5.39. The third-order valence-electron chi connectivity index (χ3n) is 11.5. The highest BCUT2D eigenvalue weighted by molar-refractivity contribution is 6.33. The fourth-order valence-electron chi connectivity index (χ4n) is 9.05. The lowest BCUT2D eigenvalue weighted by atomic mass is 9.49. The SMILES string of the molecule is CN(c1nc(C(F)(F)F)ccc1Cl)N1C(=O)[C@H]2[C@H](CC=C3[C@H]2C[C@H]2C(=O)N(Nc4ncc(C(F)(F)F)cc4Cl)C(=O)[C@@]2(c2ccc(Cl)cc2)[C@H]3c2ccccc2O)C1=O. The molecule has 1 saturated carbocycles. The number of para-hydroxylation sites is 1. The standard InChI is InChI=1S/C39H27Cl3F6N6O5/c1-52(32-25(41)12-13-28(50-32)39(46,47)48)54-33(56)22-11-10-20-23(29(22)35(54)58)15-24-34(57)53(51-31-26(42)14-18(16-49-31)38(43,44)45)36(59)37(24,17-6-8-19(40)9-7-17)30(20)21-4-2-3-5-27(21)55/h2-10,12-14,16,22-24,29-30,55H,11,15H2,1H3,(H,49,51)/t22-,23+,24-,29-,30+,37+/m0/s1. The number of rotatable bonds is 6. The van der Waals surface area contributed by atoms with E-state index in [1.807, 2.05) is 0 Å². The number of halogens is 9. The minimum Gasteiger partial charge on any atom is -0.508 e. The van der Waals surface area contributed by atoms with Gasteiger partial charge in [-0.05, 0) is 60.7 Å². The van der Waals surface area contributed by atoms with E-state index in [0.717, 1.165) is 18.1 Å². The molecule has 2 saturated heterocycles. The van der Waals surface area contributed by atoms with Gasteiger partial charge in [-0.2, -0.15) is 36.4 Å². The molecule has 3 fully saturated rings. The van der Waals surface area contributed by atoms with Crippen LogP contribution in [0, 0.1) is 23.7 Å². The lowest BCUT2D eigenvalue weighted by molar-refractivity contribution is -0.142. The van der Waals surface area contributed by atoms with Gasteiger partial charge in [0.1, 0.15) is 11.4 Å².